The summed E-state index contributed by atoms with van der Waals surface area (Å²) in [6.07, 6.45) is 2.25. The highest BCUT2D eigenvalue weighted by atomic mass is 35.5. The molecule has 4 nitrogen and oxygen atoms in total. The van der Waals surface area contributed by atoms with Gasteiger partial charge in [0.1, 0.15) is 5.75 Å². The maximum absolute atomic E-state index is 12.6. The van der Waals surface area contributed by atoms with E-state index in [4.69, 9.17) is 10.5 Å². The molecule has 5 heteroatoms. The van der Waals surface area contributed by atoms with Gasteiger partial charge in [-0.15, -0.1) is 12.4 Å². The third-order valence-corrected chi connectivity index (χ3v) is 4.65. The molecule has 0 fully saturated rings. The summed E-state index contributed by atoms with van der Waals surface area (Å²) in [4.78, 5) is 14.4. The van der Waals surface area contributed by atoms with E-state index >= 15 is 0 Å². The van der Waals surface area contributed by atoms with Crippen LogP contribution in [-0.4, -0.2) is 19.1 Å². The number of hydrogen-bond donors (Lipinski definition) is 1. The molecule has 1 heterocycles. The highest BCUT2D eigenvalue weighted by molar-refractivity contribution is 5.95. The molecular formula is C20H25ClN2O2. The van der Waals surface area contributed by atoms with Gasteiger partial charge in [-0.3, -0.25) is 4.79 Å². The number of halogens is 1. The Morgan fingerprint density at radius 1 is 1.20 bits per heavy atom. The Bertz CT molecular complexity index is 761. The first kappa shape index (κ1) is 19.1. The van der Waals surface area contributed by atoms with Gasteiger partial charge in [-0.05, 0) is 67.6 Å². The van der Waals surface area contributed by atoms with Crippen molar-refractivity contribution in [2.45, 2.75) is 33.1 Å². The highest BCUT2D eigenvalue weighted by Crippen LogP contribution is 2.31. The highest BCUT2D eigenvalue weighted by Gasteiger charge is 2.23. The topological polar surface area (TPSA) is 55.6 Å². The van der Waals surface area contributed by atoms with Crippen molar-refractivity contribution in [2.24, 2.45) is 0 Å². The quantitative estimate of drug-likeness (QED) is 0.836. The fraction of sp³-hybridized carbons (Fsp3) is 0.350. The maximum atomic E-state index is 12.6. The first-order valence-electron chi connectivity index (χ1n) is 8.44. The van der Waals surface area contributed by atoms with Gasteiger partial charge in [0, 0.05) is 17.9 Å². The van der Waals surface area contributed by atoms with Crippen LogP contribution in [0.4, 0.5) is 11.4 Å². The minimum atomic E-state index is 0. The van der Waals surface area contributed by atoms with Gasteiger partial charge < -0.3 is 15.4 Å². The second-order valence-electron chi connectivity index (χ2n) is 6.34. The van der Waals surface area contributed by atoms with Crippen LogP contribution >= 0.6 is 12.4 Å². The summed E-state index contributed by atoms with van der Waals surface area (Å²) in [7, 11) is 0. The van der Waals surface area contributed by atoms with Gasteiger partial charge in [-0.2, -0.15) is 0 Å². The minimum absolute atomic E-state index is 0. The van der Waals surface area contributed by atoms with Crippen molar-refractivity contribution in [2.75, 3.05) is 23.8 Å². The summed E-state index contributed by atoms with van der Waals surface area (Å²) in [6.45, 7) is 5.26. The number of fused-ring (bicyclic) bond motifs is 1. The van der Waals surface area contributed by atoms with Crippen LogP contribution in [0.3, 0.4) is 0 Å². The van der Waals surface area contributed by atoms with E-state index in [1.807, 2.05) is 41.3 Å². The summed E-state index contributed by atoms with van der Waals surface area (Å²) in [5.41, 5.74) is 11.3. The average Bonchev–Trinajstić information content (AvgIpc) is 2.58. The second kappa shape index (κ2) is 8.26. The zero-order valence-corrected chi connectivity index (χ0v) is 15.6. The Balaban J connectivity index is 0.00000225. The number of carbonyl (C=O) groups excluding carboxylic acids is 1. The molecule has 134 valence electrons. The maximum Gasteiger partial charge on any atom is 0.230 e. The molecule has 0 aromatic heterocycles. The summed E-state index contributed by atoms with van der Waals surface area (Å²) >= 11 is 0. The SMILES string of the molecule is Cc1ccc(OCCC(=O)N2CCCc3c(N)cccc32)cc1C.Cl. The number of anilines is 2. The van der Waals surface area contributed by atoms with Gasteiger partial charge in [0.15, 0.2) is 0 Å². The standard InChI is InChI=1S/C20H24N2O2.ClH/c1-14-8-9-16(13-15(14)2)24-12-10-20(23)22-11-4-5-17-18(21)6-3-7-19(17)22;/h3,6-9,13H,4-5,10-12,21H2,1-2H3;1H. The number of ether oxygens (including phenoxy) is 1. The lowest BCUT2D eigenvalue weighted by Gasteiger charge is -2.30. The molecule has 2 N–H and O–H groups in total. The van der Waals surface area contributed by atoms with Crippen molar-refractivity contribution >= 4 is 29.7 Å². The minimum Gasteiger partial charge on any atom is -0.493 e. The predicted octanol–water partition coefficient (Wildman–Crippen LogP) is 4.06. The van der Waals surface area contributed by atoms with Crippen LogP contribution in [0.1, 0.15) is 29.5 Å². The van der Waals surface area contributed by atoms with Crippen molar-refractivity contribution in [1.29, 1.82) is 0 Å². The van der Waals surface area contributed by atoms with E-state index in [2.05, 4.69) is 13.8 Å². The average molecular weight is 361 g/mol. The molecule has 1 amide bonds. The summed E-state index contributed by atoms with van der Waals surface area (Å²) in [5, 5.41) is 0. The third-order valence-electron chi connectivity index (χ3n) is 4.65. The van der Waals surface area contributed by atoms with Crippen molar-refractivity contribution in [1.82, 2.24) is 0 Å². The van der Waals surface area contributed by atoms with Crippen LogP contribution in [0.25, 0.3) is 0 Å². The zero-order chi connectivity index (χ0) is 17.1. The number of nitrogens with zero attached hydrogens (tertiary/aromatic N) is 1. The Morgan fingerprint density at radius 3 is 2.76 bits per heavy atom. The molecule has 2 aromatic rings. The predicted molar refractivity (Wildman–Crippen MR) is 105 cm³/mol. The van der Waals surface area contributed by atoms with E-state index in [1.54, 1.807) is 0 Å². The number of carbonyl (C=O) groups is 1. The van der Waals surface area contributed by atoms with Crippen molar-refractivity contribution < 1.29 is 9.53 Å². The molecule has 3 rings (SSSR count). The molecule has 0 spiro atoms. The lowest BCUT2D eigenvalue weighted by atomic mass is 9.99. The third kappa shape index (κ3) is 4.26. The second-order valence-corrected chi connectivity index (χ2v) is 6.34. The van der Waals surface area contributed by atoms with Gasteiger partial charge in [-0.1, -0.05) is 12.1 Å². The normalized spacial score (nSPS) is 13.0. The van der Waals surface area contributed by atoms with E-state index in [-0.39, 0.29) is 18.3 Å². The van der Waals surface area contributed by atoms with Crippen LogP contribution in [0.2, 0.25) is 0 Å². The monoisotopic (exact) mass is 360 g/mol. The lowest BCUT2D eigenvalue weighted by molar-refractivity contribution is -0.119. The van der Waals surface area contributed by atoms with Crippen LogP contribution in [-0.2, 0) is 11.2 Å². The zero-order valence-electron chi connectivity index (χ0n) is 14.7. The van der Waals surface area contributed by atoms with Crippen LogP contribution in [0, 0.1) is 13.8 Å². The van der Waals surface area contributed by atoms with Crippen LogP contribution in [0.15, 0.2) is 36.4 Å². The summed E-state index contributed by atoms with van der Waals surface area (Å²) in [5.74, 6) is 0.902. The van der Waals surface area contributed by atoms with E-state index < -0.39 is 0 Å². The first-order valence-corrected chi connectivity index (χ1v) is 8.44. The van der Waals surface area contributed by atoms with E-state index in [0.29, 0.717) is 13.0 Å². The van der Waals surface area contributed by atoms with Gasteiger partial charge >= 0.3 is 0 Å². The van der Waals surface area contributed by atoms with Gasteiger partial charge in [0.05, 0.1) is 13.0 Å². The van der Waals surface area contributed by atoms with Crippen molar-refractivity contribution in [3.63, 3.8) is 0 Å². The van der Waals surface area contributed by atoms with E-state index in [9.17, 15) is 4.79 Å². The smallest absolute Gasteiger partial charge is 0.230 e. The van der Waals surface area contributed by atoms with Crippen molar-refractivity contribution in [3.05, 3.63) is 53.1 Å². The number of amides is 1. The Labute approximate surface area is 155 Å². The van der Waals surface area contributed by atoms with E-state index in [1.165, 1.54) is 11.1 Å². The fourth-order valence-corrected chi connectivity index (χ4v) is 3.11. The number of rotatable bonds is 4. The number of benzene rings is 2. The molecule has 0 saturated carbocycles. The van der Waals surface area contributed by atoms with Gasteiger partial charge in [-0.25, -0.2) is 0 Å². The Kier molecular flexibility index (Phi) is 6.32. The Hall–Kier alpha value is -2.20. The largest absolute Gasteiger partial charge is 0.493 e. The van der Waals surface area contributed by atoms with Gasteiger partial charge in [0.25, 0.3) is 0 Å². The molecule has 0 atom stereocenters. The molecule has 0 radical (unpaired) electrons. The van der Waals surface area contributed by atoms with Crippen LogP contribution in [0.5, 0.6) is 5.75 Å². The number of hydrogen-bond acceptors (Lipinski definition) is 3. The summed E-state index contributed by atoms with van der Waals surface area (Å²) in [6, 6.07) is 11.8. The lowest BCUT2D eigenvalue weighted by Crippen LogP contribution is -2.36. The molecular weight excluding hydrogens is 336 g/mol. The van der Waals surface area contributed by atoms with Crippen molar-refractivity contribution in [3.8, 4) is 5.75 Å². The first-order chi connectivity index (χ1) is 11.6. The summed E-state index contributed by atoms with van der Waals surface area (Å²) < 4.78 is 5.74. The molecule has 0 unspecified atom stereocenters. The molecule has 0 aliphatic carbocycles. The Morgan fingerprint density at radius 2 is 2.00 bits per heavy atom. The molecule has 0 bridgehead atoms. The fourth-order valence-electron chi connectivity index (χ4n) is 3.11. The molecule has 2 aromatic carbocycles. The van der Waals surface area contributed by atoms with Gasteiger partial charge in [0.2, 0.25) is 5.91 Å². The molecule has 1 aliphatic rings. The molecule has 25 heavy (non-hydrogen) atoms. The molecule has 0 saturated heterocycles. The number of aryl methyl sites for hydroxylation is 2. The molecule has 1 aliphatic heterocycles. The number of nitrogens with two attached hydrogens (primary N) is 1. The van der Waals surface area contributed by atoms with E-state index in [0.717, 1.165) is 42.1 Å². The number of nitrogen functional groups attached to an aromatic ring is 1. The van der Waals surface area contributed by atoms with Crippen LogP contribution < -0.4 is 15.4 Å².